The average molecular weight is 195 g/mol. The minimum absolute atomic E-state index is 0.361. The molecule has 0 atom stereocenters. The van der Waals surface area contributed by atoms with E-state index in [-0.39, 0.29) is 0 Å². The van der Waals surface area contributed by atoms with Gasteiger partial charge < -0.3 is 15.2 Å². The van der Waals surface area contributed by atoms with Gasteiger partial charge in [-0.25, -0.2) is 0 Å². The standard InChI is InChI=1S/C11H17NO2/c1-12-6-5-10-7-9(8-14-2)3-4-11(10)13/h3-4,7,12-13H,5-6,8H2,1-2H3. The first kappa shape index (κ1) is 11.0. The topological polar surface area (TPSA) is 41.5 Å². The predicted octanol–water partition coefficient (Wildman–Crippen LogP) is 1.30. The van der Waals surface area contributed by atoms with Crippen molar-refractivity contribution in [2.45, 2.75) is 13.0 Å². The summed E-state index contributed by atoms with van der Waals surface area (Å²) in [5.41, 5.74) is 2.06. The third-order valence-corrected chi connectivity index (χ3v) is 2.10. The highest BCUT2D eigenvalue weighted by molar-refractivity contribution is 5.36. The van der Waals surface area contributed by atoms with E-state index in [9.17, 15) is 5.11 Å². The zero-order valence-electron chi connectivity index (χ0n) is 8.71. The molecule has 0 saturated carbocycles. The fraction of sp³-hybridized carbons (Fsp3) is 0.455. The van der Waals surface area contributed by atoms with E-state index in [0.29, 0.717) is 12.4 Å². The van der Waals surface area contributed by atoms with E-state index in [2.05, 4.69) is 5.32 Å². The Bertz CT molecular complexity index is 287. The number of benzene rings is 1. The van der Waals surface area contributed by atoms with Gasteiger partial charge in [-0.1, -0.05) is 6.07 Å². The van der Waals surface area contributed by atoms with Gasteiger partial charge in [-0.3, -0.25) is 0 Å². The molecule has 0 aromatic heterocycles. The van der Waals surface area contributed by atoms with Crippen LogP contribution in [0, 0.1) is 0 Å². The molecular weight excluding hydrogens is 178 g/mol. The molecule has 0 radical (unpaired) electrons. The van der Waals surface area contributed by atoms with E-state index in [4.69, 9.17) is 4.74 Å². The molecule has 0 unspecified atom stereocenters. The lowest BCUT2D eigenvalue weighted by atomic mass is 10.1. The second kappa shape index (κ2) is 5.62. The Balaban J connectivity index is 2.74. The molecule has 0 amide bonds. The Kier molecular flexibility index (Phi) is 4.43. The van der Waals surface area contributed by atoms with Crippen LogP contribution in [0.5, 0.6) is 5.75 Å². The highest BCUT2D eigenvalue weighted by atomic mass is 16.5. The molecule has 3 heteroatoms. The van der Waals surface area contributed by atoms with Gasteiger partial charge in [0.05, 0.1) is 6.61 Å². The van der Waals surface area contributed by atoms with Crippen LogP contribution in [0.2, 0.25) is 0 Å². The Morgan fingerprint density at radius 3 is 2.86 bits per heavy atom. The Labute approximate surface area is 84.7 Å². The van der Waals surface area contributed by atoms with Crippen LogP contribution in [0.3, 0.4) is 0 Å². The van der Waals surface area contributed by atoms with Gasteiger partial charge in [-0.2, -0.15) is 0 Å². The molecule has 1 rings (SSSR count). The van der Waals surface area contributed by atoms with E-state index in [1.165, 1.54) is 0 Å². The van der Waals surface area contributed by atoms with Gasteiger partial charge >= 0.3 is 0 Å². The first-order valence-electron chi connectivity index (χ1n) is 4.72. The van der Waals surface area contributed by atoms with Crippen LogP contribution < -0.4 is 5.32 Å². The highest BCUT2D eigenvalue weighted by Gasteiger charge is 2.01. The number of ether oxygens (including phenoxy) is 1. The smallest absolute Gasteiger partial charge is 0.118 e. The van der Waals surface area contributed by atoms with Gasteiger partial charge in [-0.15, -0.1) is 0 Å². The Morgan fingerprint density at radius 1 is 1.43 bits per heavy atom. The van der Waals surface area contributed by atoms with Crippen molar-refractivity contribution in [3.8, 4) is 5.75 Å². The van der Waals surface area contributed by atoms with Crippen LogP contribution in [-0.4, -0.2) is 25.8 Å². The fourth-order valence-electron chi connectivity index (χ4n) is 1.36. The fourth-order valence-corrected chi connectivity index (χ4v) is 1.36. The lowest BCUT2D eigenvalue weighted by molar-refractivity contribution is 0.185. The van der Waals surface area contributed by atoms with Gasteiger partial charge in [0, 0.05) is 7.11 Å². The van der Waals surface area contributed by atoms with Crippen LogP contribution in [0.4, 0.5) is 0 Å². The van der Waals surface area contributed by atoms with E-state index in [1.807, 2.05) is 19.2 Å². The molecule has 3 nitrogen and oxygen atoms in total. The summed E-state index contributed by atoms with van der Waals surface area (Å²) >= 11 is 0. The van der Waals surface area contributed by atoms with Gasteiger partial charge in [0.1, 0.15) is 5.75 Å². The van der Waals surface area contributed by atoms with Crippen molar-refractivity contribution in [2.75, 3.05) is 20.7 Å². The Morgan fingerprint density at radius 2 is 2.21 bits per heavy atom. The summed E-state index contributed by atoms with van der Waals surface area (Å²) in [5, 5.41) is 12.6. The summed E-state index contributed by atoms with van der Waals surface area (Å²) in [4.78, 5) is 0. The molecule has 1 aromatic carbocycles. The van der Waals surface area contributed by atoms with Crippen molar-refractivity contribution in [1.29, 1.82) is 0 Å². The molecule has 0 bridgehead atoms. The van der Waals surface area contributed by atoms with Gasteiger partial charge in [0.25, 0.3) is 0 Å². The maximum absolute atomic E-state index is 9.56. The number of methoxy groups -OCH3 is 1. The second-order valence-electron chi connectivity index (χ2n) is 3.25. The summed E-state index contributed by atoms with van der Waals surface area (Å²) in [6.45, 7) is 1.46. The van der Waals surface area contributed by atoms with Crippen molar-refractivity contribution in [3.63, 3.8) is 0 Å². The van der Waals surface area contributed by atoms with Gasteiger partial charge in [-0.05, 0) is 43.3 Å². The third kappa shape index (κ3) is 3.01. The van der Waals surface area contributed by atoms with Crippen molar-refractivity contribution in [1.82, 2.24) is 5.32 Å². The third-order valence-electron chi connectivity index (χ3n) is 2.10. The molecule has 0 aliphatic carbocycles. The average Bonchev–Trinajstić information content (AvgIpc) is 2.19. The predicted molar refractivity (Wildman–Crippen MR) is 56.5 cm³/mol. The molecule has 1 aromatic rings. The lowest BCUT2D eigenvalue weighted by Crippen LogP contribution is -2.10. The molecule has 0 heterocycles. The van der Waals surface area contributed by atoms with Crippen LogP contribution in [-0.2, 0) is 17.8 Å². The zero-order chi connectivity index (χ0) is 10.4. The summed E-state index contributed by atoms with van der Waals surface area (Å²) in [6, 6.07) is 5.58. The minimum Gasteiger partial charge on any atom is -0.508 e. The first-order valence-corrected chi connectivity index (χ1v) is 4.72. The number of phenolic OH excluding ortho intramolecular Hbond substituents is 1. The summed E-state index contributed by atoms with van der Waals surface area (Å²) in [7, 11) is 3.57. The van der Waals surface area contributed by atoms with Crippen LogP contribution >= 0.6 is 0 Å². The number of aromatic hydroxyl groups is 1. The number of likely N-dealkylation sites (N-methyl/N-ethyl adjacent to an activating group) is 1. The normalized spacial score (nSPS) is 10.4. The van der Waals surface area contributed by atoms with Crippen molar-refractivity contribution in [2.24, 2.45) is 0 Å². The summed E-state index contributed by atoms with van der Waals surface area (Å²) in [6.07, 6.45) is 0.833. The molecule has 14 heavy (non-hydrogen) atoms. The SMILES string of the molecule is CNCCc1cc(COC)ccc1O. The van der Waals surface area contributed by atoms with E-state index in [1.54, 1.807) is 13.2 Å². The number of hydrogen-bond donors (Lipinski definition) is 2. The van der Waals surface area contributed by atoms with E-state index < -0.39 is 0 Å². The van der Waals surface area contributed by atoms with Gasteiger partial charge in [0.15, 0.2) is 0 Å². The number of phenols is 1. The van der Waals surface area contributed by atoms with Crippen molar-refractivity contribution < 1.29 is 9.84 Å². The number of rotatable bonds is 5. The van der Waals surface area contributed by atoms with Crippen LogP contribution in [0.15, 0.2) is 18.2 Å². The molecule has 2 N–H and O–H groups in total. The number of nitrogens with one attached hydrogen (secondary N) is 1. The largest absolute Gasteiger partial charge is 0.508 e. The molecule has 78 valence electrons. The molecule has 0 saturated heterocycles. The van der Waals surface area contributed by atoms with Crippen molar-refractivity contribution in [3.05, 3.63) is 29.3 Å². The lowest BCUT2D eigenvalue weighted by Gasteiger charge is -2.07. The zero-order valence-corrected chi connectivity index (χ0v) is 8.71. The van der Waals surface area contributed by atoms with Crippen molar-refractivity contribution >= 4 is 0 Å². The molecule has 0 fully saturated rings. The molecule has 0 aliphatic heterocycles. The molecule has 0 aliphatic rings. The molecule has 0 spiro atoms. The number of hydrogen-bond acceptors (Lipinski definition) is 3. The van der Waals surface area contributed by atoms with E-state index in [0.717, 1.165) is 24.1 Å². The maximum atomic E-state index is 9.56. The summed E-state index contributed by atoms with van der Waals surface area (Å²) in [5.74, 6) is 0.361. The maximum Gasteiger partial charge on any atom is 0.118 e. The minimum atomic E-state index is 0.361. The van der Waals surface area contributed by atoms with E-state index >= 15 is 0 Å². The monoisotopic (exact) mass is 195 g/mol. The summed E-state index contributed by atoms with van der Waals surface area (Å²) < 4.78 is 5.03. The van der Waals surface area contributed by atoms with Crippen LogP contribution in [0.1, 0.15) is 11.1 Å². The Hall–Kier alpha value is -1.06. The van der Waals surface area contributed by atoms with Gasteiger partial charge in [0.2, 0.25) is 0 Å². The highest BCUT2D eigenvalue weighted by Crippen LogP contribution is 2.19. The first-order chi connectivity index (χ1) is 6.77. The second-order valence-corrected chi connectivity index (χ2v) is 3.25. The quantitative estimate of drug-likeness (QED) is 0.744. The van der Waals surface area contributed by atoms with Crippen LogP contribution in [0.25, 0.3) is 0 Å². The molecular formula is C11H17NO2.